The van der Waals surface area contributed by atoms with Crippen LogP contribution in [0, 0.1) is 6.92 Å². The fourth-order valence-electron chi connectivity index (χ4n) is 2.47. The van der Waals surface area contributed by atoms with Gasteiger partial charge in [0.15, 0.2) is 0 Å². The number of rotatable bonds is 4. The number of hydrogen-bond donors (Lipinski definition) is 1. The molecule has 0 atom stereocenters. The normalized spacial score (nSPS) is 14.3. The van der Waals surface area contributed by atoms with Crippen LogP contribution in [-0.2, 0) is 16.6 Å². The average Bonchev–Trinajstić information content (AvgIpc) is 2.54. The lowest BCUT2D eigenvalue weighted by Crippen LogP contribution is -2.29. The molecular weight excluding hydrogens is 312 g/mol. The third kappa shape index (κ3) is 3.48. The van der Waals surface area contributed by atoms with Crippen LogP contribution in [0.4, 0.5) is 5.69 Å². The molecule has 0 unspecified atom stereocenters. The molecule has 5 nitrogen and oxygen atoms in total. The lowest BCUT2D eigenvalue weighted by molar-refractivity contribution is 0.311. The van der Waals surface area contributed by atoms with Gasteiger partial charge in [-0.2, -0.15) is 0 Å². The number of nitrogens with one attached hydrogen (secondary N) is 1. The first-order valence-electron chi connectivity index (χ1n) is 7.49. The van der Waals surface area contributed by atoms with Gasteiger partial charge in [0.05, 0.1) is 17.1 Å². The fourth-order valence-corrected chi connectivity index (χ4v) is 3.50. The molecule has 23 heavy (non-hydrogen) atoms. The van der Waals surface area contributed by atoms with Gasteiger partial charge >= 0.3 is 0 Å². The van der Waals surface area contributed by atoms with Crippen molar-refractivity contribution in [2.24, 2.45) is 0 Å². The smallest absolute Gasteiger partial charge is 0.240 e. The molecule has 2 aromatic carbocycles. The number of likely N-dealkylation sites (N-methyl/N-ethyl adjacent to an activating group) is 1. The molecule has 0 radical (unpaired) electrons. The van der Waals surface area contributed by atoms with Crippen molar-refractivity contribution < 1.29 is 13.2 Å². The number of aryl methyl sites for hydroxylation is 1. The number of sulfonamides is 1. The Balaban J connectivity index is 1.79. The standard InChI is InChI=1S/C17H20N2O3S/c1-13-3-5-14(6-4-13)12-18-23(20,21)15-7-8-17-16(11-15)19(2)9-10-22-17/h3-8,11,18H,9-10,12H2,1-2H3. The molecular formula is C17H20N2O3S. The van der Waals surface area contributed by atoms with Crippen molar-refractivity contribution in [2.75, 3.05) is 25.1 Å². The van der Waals surface area contributed by atoms with Crippen molar-refractivity contribution in [3.05, 3.63) is 53.6 Å². The molecule has 0 amide bonds. The number of benzene rings is 2. The molecule has 0 fully saturated rings. The van der Waals surface area contributed by atoms with Gasteiger partial charge in [0.25, 0.3) is 0 Å². The third-order valence-corrected chi connectivity index (χ3v) is 5.32. The second kappa shape index (κ2) is 6.22. The van der Waals surface area contributed by atoms with Crippen LogP contribution < -0.4 is 14.4 Å². The third-order valence-electron chi connectivity index (χ3n) is 3.92. The van der Waals surface area contributed by atoms with Crippen molar-refractivity contribution >= 4 is 15.7 Å². The zero-order chi connectivity index (χ0) is 16.4. The summed E-state index contributed by atoms with van der Waals surface area (Å²) >= 11 is 0. The molecule has 6 heteroatoms. The molecule has 1 aliphatic rings. The second-order valence-corrected chi connectivity index (χ2v) is 7.48. The van der Waals surface area contributed by atoms with E-state index in [1.807, 2.05) is 43.1 Å². The van der Waals surface area contributed by atoms with E-state index in [2.05, 4.69) is 4.72 Å². The van der Waals surface area contributed by atoms with Gasteiger partial charge in [-0.1, -0.05) is 29.8 Å². The molecule has 3 rings (SSSR count). The number of fused-ring (bicyclic) bond motifs is 1. The van der Waals surface area contributed by atoms with E-state index in [4.69, 9.17) is 4.74 Å². The van der Waals surface area contributed by atoms with Gasteiger partial charge in [-0.25, -0.2) is 13.1 Å². The summed E-state index contributed by atoms with van der Waals surface area (Å²) in [5.74, 6) is 0.719. The molecule has 1 heterocycles. The summed E-state index contributed by atoms with van der Waals surface area (Å²) in [7, 11) is -1.63. The number of nitrogens with zero attached hydrogens (tertiary/aromatic N) is 1. The summed E-state index contributed by atoms with van der Waals surface area (Å²) in [5, 5.41) is 0. The minimum absolute atomic E-state index is 0.251. The van der Waals surface area contributed by atoms with Crippen molar-refractivity contribution in [3.8, 4) is 5.75 Å². The van der Waals surface area contributed by atoms with Crippen LogP contribution in [0.5, 0.6) is 5.75 Å². The van der Waals surface area contributed by atoms with E-state index in [1.165, 1.54) is 0 Å². The predicted octanol–water partition coefficient (Wildman–Crippen LogP) is 2.30. The minimum atomic E-state index is -3.56. The van der Waals surface area contributed by atoms with Crippen molar-refractivity contribution in [3.63, 3.8) is 0 Å². The minimum Gasteiger partial charge on any atom is -0.490 e. The highest BCUT2D eigenvalue weighted by molar-refractivity contribution is 7.89. The summed E-state index contributed by atoms with van der Waals surface area (Å²) in [5.41, 5.74) is 2.88. The van der Waals surface area contributed by atoms with Gasteiger partial charge in [0.2, 0.25) is 10.0 Å². The van der Waals surface area contributed by atoms with Crippen molar-refractivity contribution in [1.29, 1.82) is 0 Å². The van der Waals surface area contributed by atoms with E-state index in [9.17, 15) is 8.42 Å². The van der Waals surface area contributed by atoms with Gasteiger partial charge in [-0.15, -0.1) is 0 Å². The van der Waals surface area contributed by atoms with E-state index in [0.29, 0.717) is 6.61 Å². The first-order chi connectivity index (χ1) is 11.0. The van der Waals surface area contributed by atoms with E-state index >= 15 is 0 Å². The predicted molar refractivity (Wildman–Crippen MR) is 90.4 cm³/mol. The number of hydrogen-bond acceptors (Lipinski definition) is 4. The Morgan fingerprint density at radius 1 is 1.17 bits per heavy atom. The molecule has 0 aliphatic carbocycles. The lowest BCUT2D eigenvalue weighted by atomic mass is 10.2. The Morgan fingerprint density at radius 3 is 2.65 bits per heavy atom. The molecule has 0 aromatic heterocycles. The Kier molecular flexibility index (Phi) is 4.28. The molecule has 0 saturated carbocycles. The topological polar surface area (TPSA) is 58.6 Å². The van der Waals surface area contributed by atoms with E-state index in [-0.39, 0.29) is 11.4 Å². The molecule has 0 saturated heterocycles. The van der Waals surface area contributed by atoms with Crippen LogP contribution in [0.2, 0.25) is 0 Å². The van der Waals surface area contributed by atoms with Crippen molar-refractivity contribution in [2.45, 2.75) is 18.4 Å². The maximum atomic E-state index is 12.5. The zero-order valence-electron chi connectivity index (χ0n) is 13.2. The first kappa shape index (κ1) is 15.8. The Labute approximate surface area is 136 Å². The lowest BCUT2D eigenvalue weighted by Gasteiger charge is -2.28. The van der Waals surface area contributed by atoms with Gasteiger partial charge in [0.1, 0.15) is 12.4 Å². The fraction of sp³-hybridized carbons (Fsp3) is 0.294. The quantitative estimate of drug-likeness (QED) is 0.933. The van der Waals surface area contributed by atoms with Crippen LogP contribution in [0.3, 0.4) is 0 Å². The summed E-state index contributed by atoms with van der Waals surface area (Å²) in [6, 6.07) is 12.7. The van der Waals surface area contributed by atoms with Crippen LogP contribution in [0.1, 0.15) is 11.1 Å². The van der Waals surface area contributed by atoms with E-state index in [0.717, 1.165) is 29.1 Å². The monoisotopic (exact) mass is 332 g/mol. The summed E-state index contributed by atoms with van der Waals surface area (Å²) in [6.07, 6.45) is 0. The SMILES string of the molecule is Cc1ccc(CNS(=O)(=O)c2ccc3c(c2)N(C)CCO3)cc1. The van der Waals surface area contributed by atoms with Gasteiger partial charge in [-0.3, -0.25) is 0 Å². The Hall–Kier alpha value is -2.05. The first-order valence-corrected chi connectivity index (χ1v) is 8.97. The van der Waals surface area contributed by atoms with Crippen LogP contribution in [-0.4, -0.2) is 28.6 Å². The highest BCUT2D eigenvalue weighted by Gasteiger charge is 2.20. The van der Waals surface area contributed by atoms with E-state index in [1.54, 1.807) is 18.2 Å². The van der Waals surface area contributed by atoms with Crippen LogP contribution in [0.15, 0.2) is 47.4 Å². The van der Waals surface area contributed by atoms with Crippen LogP contribution >= 0.6 is 0 Å². The van der Waals surface area contributed by atoms with Gasteiger partial charge < -0.3 is 9.64 Å². The maximum Gasteiger partial charge on any atom is 0.240 e. The highest BCUT2D eigenvalue weighted by Crippen LogP contribution is 2.32. The molecule has 1 aliphatic heterocycles. The molecule has 122 valence electrons. The number of anilines is 1. The van der Waals surface area contributed by atoms with E-state index < -0.39 is 10.0 Å². The summed E-state index contributed by atoms with van der Waals surface area (Å²) in [6.45, 7) is 3.63. The average molecular weight is 332 g/mol. The highest BCUT2D eigenvalue weighted by atomic mass is 32.2. The van der Waals surface area contributed by atoms with Gasteiger partial charge in [0, 0.05) is 13.6 Å². The number of ether oxygens (including phenoxy) is 1. The Bertz CT molecular complexity index is 801. The maximum absolute atomic E-state index is 12.5. The zero-order valence-corrected chi connectivity index (χ0v) is 14.1. The summed E-state index contributed by atoms with van der Waals surface area (Å²) < 4.78 is 33.2. The summed E-state index contributed by atoms with van der Waals surface area (Å²) in [4.78, 5) is 2.25. The second-order valence-electron chi connectivity index (χ2n) is 5.71. The Morgan fingerprint density at radius 2 is 1.91 bits per heavy atom. The molecule has 0 spiro atoms. The van der Waals surface area contributed by atoms with Crippen molar-refractivity contribution in [1.82, 2.24) is 4.72 Å². The van der Waals surface area contributed by atoms with Gasteiger partial charge in [-0.05, 0) is 30.7 Å². The molecule has 0 bridgehead atoms. The van der Waals surface area contributed by atoms with Crippen LogP contribution in [0.25, 0.3) is 0 Å². The largest absolute Gasteiger partial charge is 0.490 e. The molecule has 2 aromatic rings. The molecule has 1 N–H and O–H groups in total.